The molecule has 94 valence electrons. The molecule has 1 saturated heterocycles. The van der Waals surface area contributed by atoms with Crippen LogP contribution in [0.5, 0.6) is 0 Å². The van der Waals surface area contributed by atoms with Crippen molar-refractivity contribution in [2.45, 2.75) is 24.8 Å². The zero-order valence-corrected chi connectivity index (χ0v) is 10.00. The van der Waals surface area contributed by atoms with E-state index >= 15 is 0 Å². The highest BCUT2D eigenvalue weighted by molar-refractivity contribution is 5.25. The quantitative estimate of drug-likeness (QED) is 0.876. The molecule has 1 aromatic carbocycles. The standard InChI is InChI=1S/C13H18F2N2/c1-17-6-2-3-13(17)11(8-16)10-5-4-9(14)7-12(10)15/h4-5,7,11,13H,2-3,6,8,16H2,1H3. The Labute approximate surface area is 100 Å². The normalized spacial score (nSPS) is 22.9. The minimum absolute atomic E-state index is 0.0527. The van der Waals surface area contributed by atoms with Gasteiger partial charge in [0.1, 0.15) is 11.6 Å². The third-order valence-electron chi connectivity index (χ3n) is 3.66. The fourth-order valence-corrected chi connectivity index (χ4v) is 2.74. The summed E-state index contributed by atoms with van der Waals surface area (Å²) in [5.41, 5.74) is 6.30. The van der Waals surface area contributed by atoms with Crippen molar-refractivity contribution in [3.8, 4) is 0 Å². The van der Waals surface area contributed by atoms with E-state index in [4.69, 9.17) is 5.73 Å². The van der Waals surface area contributed by atoms with E-state index in [1.165, 1.54) is 12.1 Å². The van der Waals surface area contributed by atoms with Crippen LogP contribution >= 0.6 is 0 Å². The van der Waals surface area contributed by atoms with Gasteiger partial charge >= 0.3 is 0 Å². The number of rotatable bonds is 3. The van der Waals surface area contributed by atoms with Gasteiger partial charge in [0.2, 0.25) is 0 Å². The Kier molecular flexibility index (Phi) is 3.74. The van der Waals surface area contributed by atoms with E-state index in [1.54, 1.807) is 0 Å². The monoisotopic (exact) mass is 240 g/mol. The summed E-state index contributed by atoms with van der Waals surface area (Å²) in [6, 6.07) is 4.03. The van der Waals surface area contributed by atoms with Crippen LogP contribution < -0.4 is 5.73 Å². The first-order valence-corrected chi connectivity index (χ1v) is 5.98. The molecular weight excluding hydrogens is 222 g/mol. The maximum Gasteiger partial charge on any atom is 0.129 e. The molecule has 17 heavy (non-hydrogen) atoms. The Morgan fingerprint density at radius 2 is 2.24 bits per heavy atom. The number of likely N-dealkylation sites (N-methyl/N-ethyl adjacent to an activating group) is 1. The second-order valence-corrected chi connectivity index (χ2v) is 4.70. The molecule has 2 unspecified atom stereocenters. The SMILES string of the molecule is CN1CCCC1C(CN)c1ccc(F)cc1F. The van der Waals surface area contributed by atoms with Crippen molar-refractivity contribution in [2.75, 3.05) is 20.1 Å². The van der Waals surface area contributed by atoms with Crippen molar-refractivity contribution >= 4 is 0 Å². The molecule has 1 heterocycles. The molecule has 2 nitrogen and oxygen atoms in total. The topological polar surface area (TPSA) is 29.3 Å². The fourth-order valence-electron chi connectivity index (χ4n) is 2.74. The van der Waals surface area contributed by atoms with E-state index in [2.05, 4.69) is 4.90 Å². The zero-order valence-electron chi connectivity index (χ0n) is 10.00. The summed E-state index contributed by atoms with van der Waals surface area (Å²) < 4.78 is 26.6. The predicted octanol–water partition coefficient (Wildman–Crippen LogP) is 2.10. The molecule has 2 N–H and O–H groups in total. The maximum absolute atomic E-state index is 13.8. The number of hydrogen-bond donors (Lipinski definition) is 1. The molecule has 1 aliphatic rings. The summed E-state index contributed by atoms with van der Waals surface area (Å²) in [7, 11) is 2.03. The molecule has 0 radical (unpaired) electrons. The molecular formula is C13H18F2N2. The molecule has 1 aromatic rings. The van der Waals surface area contributed by atoms with Crippen LogP contribution in [-0.2, 0) is 0 Å². The van der Waals surface area contributed by atoms with Crippen molar-refractivity contribution in [3.63, 3.8) is 0 Å². The fraction of sp³-hybridized carbons (Fsp3) is 0.538. The van der Waals surface area contributed by atoms with Gasteiger partial charge in [-0.05, 0) is 38.1 Å². The van der Waals surface area contributed by atoms with E-state index in [0.717, 1.165) is 25.5 Å². The van der Waals surface area contributed by atoms with Crippen LogP contribution in [0.3, 0.4) is 0 Å². The molecule has 2 rings (SSSR count). The second-order valence-electron chi connectivity index (χ2n) is 4.70. The molecule has 2 atom stereocenters. The summed E-state index contributed by atoms with van der Waals surface area (Å²) in [6.07, 6.45) is 2.13. The summed E-state index contributed by atoms with van der Waals surface area (Å²) in [6.45, 7) is 1.40. The number of nitrogens with zero attached hydrogens (tertiary/aromatic N) is 1. The van der Waals surface area contributed by atoms with Gasteiger partial charge in [-0.15, -0.1) is 0 Å². The van der Waals surface area contributed by atoms with Gasteiger partial charge in [-0.25, -0.2) is 8.78 Å². The van der Waals surface area contributed by atoms with Gasteiger partial charge in [-0.1, -0.05) is 6.07 Å². The Morgan fingerprint density at radius 1 is 1.47 bits per heavy atom. The van der Waals surface area contributed by atoms with Crippen LogP contribution in [-0.4, -0.2) is 31.1 Å². The highest BCUT2D eigenvalue weighted by Crippen LogP contribution is 2.31. The third-order valence-corrected chi connectivity index (χ3v) is 3.66. The molecule has 0 aliphatic carbocycles. The van der Waals surface area contributed by atoms with Crippen molar-refractivity contribution in [1.29, 1.82) is 0 Å². The van der Waals surface area contributed by atoms with E-state index in [1.807, 2.05) is 7.05 Å². The lowest BCUT2D eigenvalue weighted by atomic mass is 9.89. The van der Waals surface area contributed by atoms with Crippen molar-refractivity contribution in [2.24, 2.45) is 5.73 Å². The smallest absolute Gasteiger partial charge is 0.129 e. The third kappa shape index (κ3) is 2.48. The number of nitrogens with two attached hydrogens (primary N) is 1. The Balaban J connectivity index is 2.28. The van der Waals surface area contributed by atoms with Crippen LogP contribution in [0.1, 0.15) is 24.3 Å². The first-order chi connectivity index (χ1) is 8.13. The van der Waals surface area contributed by atoms with Gasteiger partial charge in [-0.3, -0.25) is 0 Å². The van der Waals surface area contributed by atoms with Gasteiger partial charge < -0.3 is 10.6 Å². The van der Waals surface area contributed by atoms with Gasteiger partial charge in [0.25, 0.3) is 0 Å². The van der Waals surface area contributed by atoms with E-state index in [0.29, 0.717) is 12.1 Å². The maximum atomic E-state index is 13.8. The Hall–Kier alpha value is -1.00. The summed E-state index contributed by atoms with van der Waals surface area (Å²) in [4.78, 5) is 2.21. The van der Waals surface area contributed by atoms with Crippen LogP contribution in [0.4, 0.5) is 8.78 Å². The highest BCUT2D eigenvalue weighted by Gasteiger charge is 2.30. The van der Waals surface area contributed by atoms with E-state index in [9.17, 15) is 8.78 Å². The van der Waals surface area contributed by atoms with E-state index < -0.39 is 11.6 Å². The average Bonchev–Trinajstić information content (AvgIpc) is 2.69. The van der Waals surface area contributed by atoms with Crippen LogP contribution in [0.15, 0.2) is 18.2 Å². The molecule has 1 aliphatic heterocycles. The molecule has 0 amide bonds. The van der Waals surface area contributed by atoms with Gasteiger partial charge in [0.15, 0.2) is 0 Å². The molecule has 0 saturated carbocycles. The largest absolute Gasteiger partial charge is 0.330 e. The predicted molar refractivity (Wildman–Crippen MR) is 63.8 cm³/mol. The first-order valence-electron chi connectivity index (χ1n) is 5.98. The zero-order chi connectivity index (χ0) is 12.4. The lowest BCUT2D eigenvalue weighted by molar-refractivity contribution is 0.269. The van der Waals surface area contributed by atoms with Crippen molar-refractivity contribution in [3.05, 3.63) is 35.4 Å². The highest BCUT2D eigenvalue weighted by atomic mass is 19.1. The molecule has 0 bridgehead atoms. The average molecular weight is 240 g/mol. The van der Waals surface area contributed by atoms with Gasteiger partial charge in [0, 0.05) is 24.6 Å². The summed E-state index contributed by atoms with van der Waals surface area (Å²) >= 11 is 0. The van der Waals surface area contributed by atoms with Crippen LogP contribution in [0, 0.1) is 11.6 Å². The summed E-state index contributed by atoms with van der Waals surface area (Å²) in [5, 5.41) is 0. The number of likely N-dealkylation sites (tertiary alicyclic amines) is 1. The molecule has 4 heteroatoms. The van der Waals surface area contributed by atoms with Crippen molar-refractivity contribution in [1.82, 2.24) is 4.90 Å². The van der Waals surface area contributed by atoms with Crippen LogP contribution in [0.2, 0.25) is 0 Å². The lowest BCUT2D eigenvalue weighted by Crippen LogP contribution is -2.35. The number of halogens is 2. The number of hydrogen-bond acceptors (Lipinski definition) is 2. The van der Waals surface area contributed by atoms with E-state index in [-0.39, 0.29) is 12.0 Å². The minimum atomic E-state index is -0.540. The Bertz CT molecular complexity index is 395. The minimum Gasteiger partial charge on any atom is -0.330 e. The number of benzene rings is 1. The molecule has 0 aromatic heterocycles. The second kappa shape index (κ2) is 5.10. The van der Waals surface area contributed by atoms with Crippen molar-refractivity contribution < 1.29 is 8.78 Å². The van der Waals surface area contributed by atoms with Gasteiger partial charge in [-0.2, -0.15) is 0 Å². The summed E-state index contributed by atoms with van der Waals surface area (Å²) in [5.74, 6) is -1.08. The molecule has 0 spiro atoms. The van der Waals surface area contributed by atoms with Gasteiger partial charge in [0.05, 0.1) is 0 Å². The van der Waals surface area contributed by atoms with Crippen LogP contribution in [0.25, 0.3) is 0 Å². The lowest BCUT2D eigenvalue weighted by Gasteiger charge is -2.28. The first kappa shape index (κ1) is 12.5. The Morgan fingerprint density at radius 3 is 2.76 bits per heavy atom. The molecule has 1 fully saturated rings.